The van der Waals surface area contributed by atoms with E-state index in [2.05, 4.69) is 19.2 Å². The molecule has 0 bridgehead atoms. The monoisotopic (exact) mass is 227 g/mol. The molecule has 2 unspecified atom stereocenters. The first-order valence-electron chi connectivity index (χ1n) is 7.15. The maximum Gasteiger partial charge on any atom is 0.0594 e. The van der Waals surface area contributed by atoms with Gasteiger partial charge in [-0.3, -0.25) is 0 Å². The summed E-state index contributed by atoms with van der Waals surface area (Å²) in [7, 11) is 0. The zero-order chi connectivity index (χ0) is 11.6. The lowest BCUT2D eigenvalue weighted by molar-refractivity contribution is 0.0174. The number of rotatable bonds is 8. The summed E-state index contributed by atoms with van der Waals surface area (Å²) in [5.74, 6) is 0.872. The second-order valence-electron chi connectivity index (χ2n) is 5.22. The van der Waals surface area contributed by atoms with Crippen LogP contribution in [0.4, 0.5) is 0 Å². The number of hydrogen-bond acceptors (Lipinski definition) is 2. The second kappa shape index (κ2) is 9.00. The van der Waals surface area contributed by atoms with Crippen LogP contribution < -0.4 is 5.32 Å². The molecule has 1 N–H and O–H groups in total. The molecule has 0 spiro atoms. The predicted octanol–water partition coefficient (Wildman–Crippen LogP) is 3.36. The molecule has 0 aromatic carbocycles. The van der Waals surface area contributed by atoms with Crippen LogP contribution in [0.2, 0.25) is 0 Å². The number of unbranched alkanes of at least 4 members (excludes halogenated alkanes) is 2. The molecule has 96 valence electrons. The minimum atomic E-state index is 0.543. The van der Waals surface area contributed by atoms with Crippen LogP contribution in [0.3, 0.4) is 0 Å². The van der Waals surface area contributed by atoms with E-state index in [1.165, 1.54) is 44.9 Å². The summed E-state index contributed by atoms with van der Waals surface area (Å²) in [6.07, 6.45) is 9.80. The van der Waals surface area contributed by atoms with Crippen molar-refractivity contribution < 1.29 is 4.74 Å². The van der Waals surface area contributed by atoms with Gasteiger partial charge in [-0.2, -0.15) is 0 Å². The van der Waals surface area contributed by atoms with Crippen LogP contribution in [0.15, 0.2) is 0 Å². The van der Waals surface area contributed by atoms with E-state index in [0.717, 1.165) is 25.6 Å². The summed E-state index contributed by atoms with van der Waals surface area (Å²) in [6.45, 7) is 7.66. The highest BCUT2D eigenvalue weighted by molar-refractivity contribution is 4.70. The molecule has 0 saturated heterocycles. The van der Waals surface area contributed by atoms with Crippen molar-refractivity contribution in [1.29, 1.82) is 0 Å². The largest absolute Gasteiger partial charge is 0.377 e. The summed E-state index contributed by atoms with van der Waals surface area (Å²) in [6, 6.07) is 0. The normalized spacial score (nSPS) is 25.9. The Bertz CT molecular complexity index is 161. The van der Waals surface area contributed by atoms with Gasteiger partial charge in [-0.1, -0.05) is 39.5 Å². The minimum Gasteiger partial charge on any atom is -0.377 e. The first-order valence-corrected chi connectivity index (χ1v) is 7.15. The van der Waals surface area contributed by atoms with Crippen LogP contribution >= 0.6 is 0 Å². The fraction of sp³-hybridized carbons (Fsp3) is 1.00. The van der Waals surface area contributed by atoms with Crippen LogP contribution in [0.1, 0.15) is 58.8 Å². The second-order valence-corrected chi connectivity index (χ2v) is 5.22. The summed E-state index contributed by atoms with van der Waals surface area (Å²) in [5.41, 5.74) is 0. The predicted molar refractivity (Wildman–Crippen MR) is 69.8 cm³/mol. The van der Waals surface area contributed by atoms with Crippen LogP contribution in [0, 0.1) is 5.92 Å². The molecule has 1 aliphatic carbocycles. The molecule has 1 fully saturated rings. The average molecular weight is 227 g/mol. The van der Waals surface area contributed by atoms with Gasteiger partial charge >= 0.3 is 0 Å². The molecule has 2 atom stereocenters. The van der Waals surface area contributed by atoms with Crippen molar-refractivity contribution in [3.8, 4) is 0 Å². The van der Waals surface area contributed by atoms with Gasteiger partial charge in [-0.05, 0) is 31.7 Å². The molecule has 0 aromatic heterocycles. The Labute approximate surface area is 101 Å². The third-order valence-corrected chi connectivity index (χ3v) is 3.48. The van der Waals surface area contributed by atoms with Crippen molar-refractivity contribution in [2.45, 2.75) is 64.9 Å². The van der Waals surface area contributed by atoms with Crippen LogP contribution in [-0.4, -0.2) is 25.8 Å². The third kappa shape index (κ3) is 6.49. The van der Waals surface area contributed by atoms with E-state index in [4.69, 9.17) is 4.74 Å². The van der Waals surface area contributed by atoms with E-state index in [-0.39, 0.29) is 0 Å². The van der Waals surface area contributed by atoms with E-state index >= 15 is 0 Å². The summed E-state index contributed by atoms with van der Waals surface area (Å²) < 4.78 is 5.90. The SMILES string of the molecule is CCCCCNCCOC1CCCC(C)C1. The first kappa shape index (κ1) is 14.0. The Kier molecular flexibility index (Phi) is 7.87. The maximum atomic E-state index is 5.90. The van der Waals surface area contributed by atoms with E-state index in [1.807, 2.05) is 0 Å². The van der Waals surface area contributed by atoms with E-state index < -0.39 is 0 Å². The fourth-order valence-corrected chi connectivity index (χ4v) is 2.45. The Morgan fingerprint density at radius 3 is 2.81 bits per heavy atom. The van der Waals surface area contributed by atoms with Crippen molar-refractivity contribution in [2.24, 2.45) is 5.92 Å². The molecule has 0 amide bonds. The van der Waals surface area contributed by atoms with Crippen LogP contribution in [0.5, 0.6) is 0 Å². The van der Waals surface area contributed by atoms with Crippen LogP contribution in [0.25, 0.3) is 0 Å². The fourth-order valence-electron chi connectivity index (χ4n) is 2.45. The molecule has 0 heterocycles. The van der Waals surface area contributed by atoms with Gasteiger partial charge in [0.05, 0.1) is 12.7 Å². The van der Waals surface area contributed by atoms with E-state index in [0.29, 0.717) is 6.10 Å². The molecule has 2 heteroatoms. The van der Waals surface area contributed by atoms with Gasteiger partial charge in [0.15, 0.2) is 0 Å². The van der Waals surface area contributed by atoms with Crippen molar-refractivity contribution >= 4 is 0 Å². The molecule has 0 aromatic rings. The van der Waals surface area contributed by atoms with Crippen molar-refractivity contribution in [1.82, 2.24) is 5.32 Å². The summed E-state index contributed by atoms with van der Waals surface area (Å²) in [5, 5.41) is 3.45. The molecule has 1 rings (SSSR count). The van der Waals surface area contributed by atoms with E-state index in [9.17, 15) is 0 Å². The zero-order valence-electron chi connectivity index (χ0n) is 11.1. The summed E-state index contributed by atoms with van der Waals surface area (Å²) >= 11 is 0. The third-order valence-electron chi connectivity index (χ3n) is 3.48. The maximum absolute atomic E-state index is 5.90. The molecule has 2 nitrogen and oxygen atoms in total. The molecular weight excluding hydrogens is 198 g/mol. The highest BCUT2D eigenvalue weighted by Crippen LogP contribution is 2.25. The Morgan fingerprint density at radius 1 is 1.19 bits per heavy atom. The summed E-state index contributed by atoms with van der Waals surface area (Å²) in [4.78, 5) is 0. The van der Waals surface area contributed by atoms with Gasteiger partial charge in [0.1, 0.15) is 0 Å². The lowest BCUT2D eigenvalue weighted by atomic mass is 9.89. The van der Waals surface area contributed by atoms with Crippen molar-refractivity contribution in [3.05, 3.63) is 0 Å². The van der Waals surface area contributed by atoms with Gasteiger partial charge in [0, 0.05) is 6.54 Å². The van der Waals surface area contributed by atoms with Crippen LogP contribution in [-0.2, 0) is 4.74 Å². The molecular formula is C14H29NO. The van der Waals surface area contributed by atoms with E-state index in [1.54, 1.807) is 0 Å². The molecule has 0 radical (unpaired) electrons. The minimum absolute atomic E-state index is 0.543. The Balaban J connectivity index is 1.86. The number of hydrogen-bond donors (Lipinski definition) is 1. The van der Waals surface area contributed by atoms with Gasteiger partial charge in [0.25, 0.3) is 0 Å². The van der Waals surface area contributed by atoms with Gasteiger partial charge in [-0.25, -0.2) is 0 Å². The standard InChI is InChI=1S/C14H29NO/c1-3-4-5-9-15-10-11-16-14-8-6-7-13(2)12-14/h13-15H,3-12H2,1-2H3. The van der Waals surface area contributed by atoms with Gasteiger partial charge < -0.3 is 10.1 Å². The van der Waals surface area contributed by atoms with Gasteiger partial charge in [-0.15, -0.1) is 0 Å². The lowest BCUT2D eigenvalue weighted by Crippen LogP contribution is -2.27. The van der Waals surface area contributed by atoms with Crippen molar-refractivity contribution in [3.63, 3.8) is 0 Å². The van der Waals surface area contributed by atoms with Gasteiger partial charge in [0.2, 0.25) is 0 Å². The quantitative estimate of drug-likeness (QED) is 0.642. The number of nitrogens with one attached hydrogen (secondary N) is 1. The molecule has 16 heavy (non-hydrogen) atoms. The molecule has 0 aliphatic heterocycles. The Hall–Kier alpha value is -0.0800. The Morgan fingerprint density at radius 2 is 2.06 bits per heavy atom. The molecule has 1 aliphatic rings. The first-order chi connectivity index (χ1) is 7.83. The number of ether oxygens (including phenoxy) is 1. The highest BCUT2D eigenvalue weighted by atomic mass is 16.5. The average Bonchev–Trinajstić information content (AvgIpc) is 2.28. The van der Waals surface area contributed by atoms with Crippen molar-refractivity contribution in [2.75, 3.05) is 19.7 Å². The molecule has 1 saturated carbocycles. The zero-order valence-corrected chi connectivity index (χ0v) is 11.1. The topological polar surface area (TPSA) is 21.3 Å². The highest BCUT2D eigenvalue weighted by Gasteiger charge is 2.18. The lowest BCUT2D eigenvalue weighted by Gasteiger charge is -2.26. The smallest absolute Gasteiger partial charge is 0.0594 e.